The van der Waals surface area contributed by atoms with Gasteiger partial charge < -0.3 is 14.4 Å². The van der Waals surface area contributed by atoms with Crippen molar-refractivity contribution in [2.75, 3.05) is 18.6 Å². The summed E-state index contributed by atoms with van der Waals surface area (Å²) in [6.07, 6.45) is 3.44. The molecule has 6 heteroatoms. The molecule has 5 nitrogen and oxygen atoms in total. The van der Waals surface area contributed by atoms with E-state index in [-0.39, 0.29) is 18.0 Å². The maximum Gasteiger partial charge on any atom is 0.312 e. The molecule has 1 spiro atoms. The summed E-state index contributed by atoms with van der Waals surface area (Å²) < 4.78 is 11.7. The zero-order chi connectivity index (χ0) is 15.5. The smallest absolute Gasteiger partial charge is 0.312 e. The fourth-order valence-corrected chi connectivity index (χ4v) is 4.28. The van der Waals surface area contributed by atoms with E-state index < -0.39 is 17.4 Å². The average Bonchev–Trinajstić information content (AvgIpc) is 3.15. The molecule has 0 aromatic heterocycles. The van der Waals surface area contributed by atoms with Gasteiger partial charge >= 0.3 is 5.97 Å². The van der Waals surface area contributed by atoms with E-state index in [4.69, 9.17) is 9.47 Å². The van der Waals surface area contributed by atoms with E-state index in [9.17, 15) is 9.59 Å². The lowest BCUT2D eigenvalue weighted by Gasteiger charge is -2.22. The van der Waals surface area contributed by atoms with Crippen LogP contribution in [0, 0.1) is 11.8 Å². The van der Waals surface area contributed by atoms with Crippen LogP contribution in [0.15, 0.2) is 40.9 Å². The predicted molar refractivity (Wildman–Crippen MR) is 82.2 cm³/mol. The second-order valence-electron chi connectivity index (χ2n) is 5.80. The van der Waals surface area contributed by atoms with Crippen molar-refractivity contribution < 1.29 is 19.1 Å². The summed E-state index contributed by atoms with van der Waals surface area (Å²) in [5.74, 6) is -1.55. The Morgan fingerprint density at radius 2 is 2.23 bits per heavy atom. The lowest BCUT2D eigenvalue weighted by Crippen LogP contribution is -2.39. The standard InChI is InChI=1S/C16H14BrNO4/c1-21-15(20)12-11-6-7-16(22-11)8-18(14(19)13(12)16)10-5-3-2-4-9(10)17/h2-7,11-13H,8H2,1H3/t11-,12-,13-,16+/m0/s1. The monoisotopic (exact) mass is 363 g/mol. The number of halogens is 1. The number of carbonyl (C=O) groups excluding carboxylic acids is 2. The summed E-state index contributed by atoms with van der Waals surface area (Å²) in [7, 11) is 1.34. The van der Waals surface area contributed by atoms with E-state index in [1.807, 2.05) is 36.4 Å². The molecule has 4 rings (SSSR count). The van der Waals surface area contributed by atoms with E-state index in [1.54, 1.807) is 4.90 Å². The van der Waals surface area contributed by atoms with Crippen LogP contribution in [-0.2, 0) is 19.1 Å². The summed E-state index contributed by atoms with van der Waals surface area (Å²) >= 11 is 3.48. The van der Waals surface area contributed by atoms with Crippen molar-refractivity contribution in [3.05, 3.63) is 40.9 Å². The van der Waals surface area contributed by atoms with E-state index in [2.05, 4.69) is 15.9 Å². The van der Waals surface area contributed by atoms with Crippen LogP contribution in [0.25, 0.3) is 0 Å². The Kier molecular flexibility index (Phi) is 2.96. The van der Waals surface area contributed by atoms with Gasteiger partial charge in [-0.3, -0.25) is 9.59 Å². The van der Waals surface area contributed by atoms with Crippen molar-refractivity contribution in [2.24, 2.45) is 11.8 Å². The van der Waals surface area contributed by atoms with Gasteiger partial charge in [0.05, 0.1) is 31.4 Å². The molecular formula is C16H14BrNO4. The Morgan fingerprint density at radius 1 is 1.45 bits per heavy atom. The molecule has 0 unspecified atom stereocenters. The molecule has 0 radical (unpaired) electrons. The number of rotatable bonds is 2. The molecule has 3 aliphatic heterocycles. The van der Waals surface area contributed by atoms with Crippen molar-refractivity contribution in [2.45, 2.75) is 11.7 Å². The molecule has 22 heavy (non-hydrogen) atoms. The Hall–Kier alpha value is -1.66. The number of esters is 1. The Bertz CT molecular complexity index is 703. The van der Waals surface area contributed by atoms with Gasteiger partial charge in [0.15, 0.2) is 0 Å². The minimum absolute atomic E-state index is 0.0887. The molecule has 2 fully saturated rings. The van der Waals surface area contributed by atoms with Gasteiger partial charge in [0.25, 0.3) is 0 Å². The highest BCUT2D eigenvalue weighted by molar-refractivity contribution is 9.10. The predicted octanol–water partition coefficient (Wildman–Crippen LogP) is 1.91. The number of amides is 1. The number of hydrogen-bond acceptors (Lipinski definition) is 4. The summed E-state index contributed by atoms with van der Waals surface area (Å²) in [4.78, 5) is 26.7. The van der Waals surface area contributed by atoms with Crippen LogP contribution in [0.1, 0.15) is 0 Å². The van der Waals surface area contributed by atoms with E-state index in [1.165, 1.54) is 7.11 Å². The third-order valence-electron chi connectivity index (χ3n) is 4.72. The number of carbonyl (C=O) groups is 2. The van der Waals surface area contributed by atoms with Crippen molar-refractivity contribution in [1.29, 1.82) is 0 Å². The minimum atomic E-state index is -0.712. The molecule has 2 saturated heterocycles. The highest BCUT2D eigenvalue weighted by atomic mass is 79.9. The van der Waals surface area contributed by atoms with Crippen LogP contribution in [0.3, 0.4) is 0 Å². The molecular weight excluding hydrogens is 350 g/mol. The molecule has 0 aliphatic carbocycles. The Morgan fingerprint density at radius 3 is 2.95 bits per heavy atom. The first-order valence-corrected chi connectivity index (χ1v) is 7.87. The number of ether oxygens (including phenoxy) is 2. The number of methoxy groups -OCH3 is 1. The maximum absolute atomic E-state index is 12.9. The van der Waals surface area contributed by atoms with Gasteiger partial charge in [0.1, 0.15) is 11.5 Å². The zero-order valence-electron chi connectivity index (χ0n) is 11.9. The first kappa shape index (κ1) is 14.0. The van der Waals surface area contributed by atoms with Gasteiger partial charge in [-0.05, 0) is 28.1 Å². The number of fused-ring (bicyclic) bond motifs is 1. The number of anilines is 1. The molecule has 1 aromatic carbocycles. The van der Waals surface area contributed by atoms with Crippen LogP contribution in [-0.4, -0.2) is 37.2 Å². The van der Waals surface area contributed by atoms with E-state index in [0.29, 0.717) is 6.54 Å². The normalized spacial score (nSPS) is 35.1. The van der Waals surface area contributed by atoms with Crippen LogP contribution in [0.5, 0.6) is 0 Å². The summed E-state index contributed by atoms with van der Waals surface area (Å²) in [6.45, 7) is 0.416. The third-order valence-corrected chi connectivity index (χ3v) is 5.39. The molecule has 2 bridgehead atoms. The molecule has 3 heterocycles. The quantitative estimate of drug-likeness (QED) is 0.594. The molecule has 3 aliphatic rings. The molecule has 1 amide bonds. The topological polar surface area (TPSA) is 55.8 Å². The van der Waals surface area contributed by atoms with Gasteiger partial charge in [-0.1, -0.05) is 24.3 Å². The third kappa shape index (κ3) is 1.68. The lowest BCUT2D eigenvalue weighted by molar-refractivity contribution is -0.149. The fourth-order valence-electron chi connectivity index (χ4n) is 3.78. The molecule has 1 aromatic rings. The van der Waals surface area contributed by atoms with E-state index in [0.717, 1.165) is 10.2 Å². The summed E-state index contributed by atoms with van der Waals surface area (Å²) in [5, 5.41) is 0. The second kappa shape index (κ2) is 4.67. The molecule has 4 atom stereocenters. The van der Waals surface area contributed by atoms with Gasteiger partial charge in [0, 0.05) is 4.47 Å². The van der Waals surface area contributed by atoms with Crippen molar-refractivity contribution in [1.82, 2.24) is 0 Å². The van der Waals surface area contributed by atoms with Gasteiger partial charge in [-0.2, -0.15) is 0 Å². The van der Waals surface area contributed by atoms with Crippen molar-refractivity contribution >= 4 is 33.5 Å². The first-order chi connectivity index (χ1) is 10.6. The van der Waals surface area contributed by atoms with Crippen molar-refractivity contribution in [3.8, 4) is 0 Å². The number of nitrogens with zero attached hydrogens (tertiary/aromatic N) is 1. The molecule has 0 N–H and O–H groups in total. The fraction of sp³-hybridized carbons (Fsp3) is 0.375. The summed E-state index contributed by atoms with van der Waals surface area (Å²) in [6, 6.07) is 7.54. The largest absolute Gasteiger partial charge is 0.469 e. The van der Waals surface area contributed by atoms with Crippen LogP contribution in [0.4, 0.5) is 5.69 Å². The zero-order valence-corrected chi connectivity index (χ0v) is 13.4. The van der Waals surface area contributed by atoms with Crippen LogP contribution >= 0.6 is 15.9 Å². The number of benzene rings is 1. The van der Waals surface area contributed by atoms with Crippen LogP contribution < -0.4 is 4.90 Å². The van der Waals surface area contributed by atoms with Gasteiger partial charge in [-0.25, -0.2) is 0 Å². The van der Waals surface area contributed by atoms with Crippen molar-refractivity contribution in [3.63, 3.8) is 0 Å². The van der Waals surface area contributed by atoms with E-state index >= 15 is 0 Å². The highest BCUT2D eigenvalue weighted by Crippen LogP contribution is 2.53. The maximum atomic E-state index is 12.9. The van der Waals surface area contributed by atoms with Gasteiger partial charge in [0.2, 0.25) is 5.91 Å². The minimum Gasteiger partial charge on any atom is -0.469 e. The second-order valence-corrected chi connectivity index (χ2v) is 6.65. The Balaban J connectivity index is 1.75. The molecule has 0 saturated carbocycles. The first-order valence-electron chi connectivity index (χ1n) is 7.08. The van der Waals surface area contributed by atoms with Gasteiger partial charge in [-0.15, -0.1) is 0 Å². The average molecular weight is 364 g/mol. The summed E-state index contributed by atoms with van der Waals surface area (Å²) in [5.41, 5.74) is 0.0796. The molecule has 114 valence electrons. The number of para-hydroxylation sites is 1. The number of hydrogen-bond donors (Lipinski definition) is 0. The SMILES string of the molecule is COC(=O)[C@H]1[C@@H]2C=C[C@]3(CN(c4ccccc4Br)C(=O)[C@H]13)O2. The lowest BCUT2D eigenvalue weighted by atomic mass is 9.77. The highest BCUT2D eigenvalue weighted by Gasteiger charge is 2.67. The Labute approximate surface area is 136 Å². The van der Waals surface area contributed by atoms with Crippen LogP contribution in [0.2, 0.25) is 0 Å².